The average Bonchev–Trinajstić information content (AvgIpc) is 3.75. The monoisotopic (exact) mass is 716 g/mol. The maximum Gasteiger partial charge on any atom is 0.160 e. The largest absolute Gasteiger partial charge is 0.455 e. The van der Waals surface area contributed by atoms with E-state index in [0.29, 0.717) is 5.82 Å². The molecule has 56 heavy (non-hydrogen) atoms. The van der Waals surface area contributed by atoms with Gasteiger partial charge in [-0.1, -0.05) is 166 Å². The Kier molecular flexibility index (Phi) is 7.20. The van der Waals surface area contributed by atoms with E-state index in [2.05, 4.69) is 166 Å². The Morgan fingerprint density at radius 3 is 1.88 bits per heavy atom. The van der Waals surface area contributed by atoms with E-state index in [0.717, 1.165) is 61.1 Å². The highest BCUT2D eigenvalue weighted by Crippen LogP contribution is 2.53. The molecule has 3 nitrogen and oxygen atoms in total. The predicted molar refractivity (Wildman–Crippen MR) is 232 cm³/mol. The van der Waals surface area contributed by atoms with Crippen molar-refractivity contribution in [2.75, 3.05) is 0 Å². The molecule has 0 N–H and O–H groups in total. The Labute approximate surface area is 325 Å². The molecule has 2 aromatic heterocycles. The molecule has 0 bridgehead atoms. The van der Waals surface area contributed by atoms with Gasteiger partial charge in [-0.3, -0.25) is 0 Å². The molecule has 0 radical (unpaired) electrons. The van der Waals surface area contributed by atoms with Crippen LogP contribution in [0.2, 0.25) is 0 Å². The summed E-state index contributed by atoms with van der Waals surface area (Å²) in [6.07, 6.45) is 0. The lowest BCUT2D eigenvalue weighted by Gasteiger charge is -2.22. The van der Waals surface area contributed by atoms with Gasteiger partial charge in [-0.05, 0) is 80.0 Å². The Bertz CT molecular complexity index is 3150. The average molecular weight is 717 g/mol. The number of nitrogens with zero attached hydrogens (tertiary/aromatic N) is 2. The van der Waals surface area contributed by atoms with Gasteiger partial charge >= 0.3 is 0 Å². The zero-order valence-corrected chi connectivity index (χ0v) is 31.1. The molecule has 0 amide bonds. The van der Waals surface area contributed by atoms with E-state index >= 15 is 0 Å². The van der Waals surface area contributed by atoms with Crippen LogP contribution in [-0.2, 0) is 5.41 Å². The fourth-order valence-electron chi connectivity index (χ4n) is 8.81. The first kappa shape index (κ1) is 32.3. The van der Waals surface area contributed by atoms with Crippen molar-refractivity contribution in [3.8, 4) is 67.3 Å². The summed E-state index contributed by atoms with van der Waals surface area (Å²) in [5, 5.41) is 4.79. The first-order chi connectivity index (χ1) is 27.5. The maximum absolute atomic E-state index is 6.42. The smallest absolute Gasteiger partial charge is 0.160 e. The Hall–Kier alpha value is -7.10. The summed E-state index contributed by atoms with van der Waals surface area (Å²) in [6.45, 7) is 4.70. The molecule has 0 atom stereocenters. The molecule has 264 valence electrons. The van der Waals surface area contributed by atoms with E-state index in [1.54, 1.807) is 0 Å². The van der Waals surface area contributed by atoms with Gasteiger partial charge in [-0.15, -0.1) is 0 Å². The van der Waals surface area contributed by atoms with E-state index in [1.165, 1.54) is 44.2 Å². The van der Waals surface area contributed by atoms with Crippen molar-refractivity contribution in [1.29, 1.82) is 0 Å². The van der Waals surface area contributed by atoms with Gasteiger partial charge in [0.1, 0.15) is 11.2 Å². The Balaban J connectivity index is 1.01. The second kappa shape index (κ2) is 12.5. The fourth-order valence-corrected chi connectivity index (χ4v) is 8.81. The highest BCUT2D eigenvalue weighted by Gasteiger charge is 2.37. The van der Waals surface area contributed by atoms with Crippen LogP contribution < -0.4 is 0 Å². The normalized spacial score (nSPS) is 13.0. The zero-order chi connectivity index (χ0) is 37.4. The molecule has 1 aliphatic carbocycles. The standard InChI is InChI=1S/C53H36N2O/c1-53(2)45-23-12-20-40(50(45)44-30-36-15-6-7-16-37(36)31-46(44)53)33-25-27-34(28-26-33)47-32-48(55-52(54-47)35-13-4-3-5-14-35)39-18-10-17-38(29-39)41-21-11-22-43-42-19-8-9-24-49(42)56-51(41)43/h3-32H,1-2H3. The minimum atomic E-state index is -0.0915. The molecule has 8 aromatic carbocycles. The van der Waals surface area contributed by atoms with Crippen molar-refractivity contribution in [3.05, 3.63) is 193 Å². The number of furan rings is 1. The molecule has 0 saturated heterocycles. The van der Waals surface area contributed by atoms with Gasteiger partial charge in [-0.2, -0.15) is 0 Å². The van der Waals surface area contributed by atoms with Crippen LogP contribution in [0, 0.1) is 0 Å². The van der Waals surface area contributed by atoms with Crippen LogP contribution in [0.25, 0.3) is 100.0 Å². The first-order valence-electron chi connectivity index (χ1n) is 19.2. The van der Waals surface area contributed by atoms with E-state index in [-0.39, 0.29) is 5.41 Å². The van der Waals surface area contributed by atoms with Gasteiger partial charge in [0, 0.05) is 38.4 Å². The molecule has 1 aliphatic rings. The second-order valence-electron chi connectivity index (χ2n) is 15.4. The van der Waals surface area contributed by atoms with Crippen LogP contribution in [-0.4, -0.2) is 9.97 Å². The molecular formula is C53H36N2O. The minimum absolute atomic E-state index is 0.0915. The predicted octanol–water partition coefficient (Wildman–Crippen LogP) is 14.2. The summed E-state index contributed by atoms with van der Waals surface area (Å²) in [7, 11) is 0. The van der Waals surface area contributed by atoms with E-state index in [4.69, 9.17) is 14.4 Å². The second-order valence-corrected chi connectivity index (χ2v) is 15.4. The van der Waals surface area contributed by atoms with E-state index in [1.807, 2.05) is 30.3 Å². The van der Waals surface area contributed by atoms with Crippen molar-refractivity contribution < 1.29 is 4.42 Å². The summed E-state index contributed by atoms with van der Waals surface area (Å²) < 4.78 is 6.42. The molecule has 2 heterocycles. The van der Waals surface area contributed by atoms with Crippen molar-refractivity contribution in [1.82, 2.24) is 9.97 Å². The Morgan fingerprint density at radius 1 is 0.411 bits per heavy atom. The van der Waals surface area contributed by atoms with E-state index < -0.39 is 0 Å². The topological polar surface area (TPSA) is 38.9 Å². The third kappa shape index (κ3) is 5.12. The van der Waals surface area contributed by atoms with Crippen LogP contribution >= 0.6 is 0 Å². The van der Waals surface area contributed by atoms with Crippen molar-refractivity contribution >= 4 is 32.7 Å². The Morgan fingerprint density at radius 2 is 1.04 bits per heavy atom. The van der Waals surface area contributed by atoms with Crippen LogP contribution in [0.5, 0.6) is 0 Å². The summed E-state index contributed by atoms with van der Waals surface area (Å²) in [6, 6.07) is 64.7. The minimum Gasteiger partial charge on any atom is -0.455 e. The van der Waals surface area contributed by atoms with Crippen LogP contribution in [0.15, 0.2) is 186 Å². The third-order valence-corrected chi connectivity index (χ3v) is 11.7. The van der Waals surface area contributed by atoms with Crippen molar-refractivity contribution in [2.24, 2.45) is 0 Å². The highest BCUT2D eigenvalue weighted by molar-refractivity contribution is 6.09. The molecule has 11 rings (SSSR count). The number of rotatable bonds is 5. The summed E-state index contributed by atoms with van der Waals surface area (Å²) in [5.74, 6) is 0.693. The van der Waals surface area contributed by atoms with Gasteiger partial charge in [0.25, 0.3) is 0 Å². The van der Waals surface area contributed by atoms with Crippen molar-refractivity contribution in [2.45, 2.75) is 19.3 Å². The molecule has 3 heteroatoms. The van der Waals surface area contributed by atoms with Crippen molar-refractivity contribution in [3.63, 3.8) is 0 Å². The zero-order valence-electron chi connectivity index (χ0n) is 31.1. The SMILES string of the molecule is CC1(C)c2cc3ccccc3cc2-c2c(-c3ccc(-c4cc(-c5cccc(-c6cccc7c6oc6ccccc67)c5)nc(-c5ccccc5)n4)cc3)cccc21. The first-order valence-corrected chi connectivity index (χ1v) is 19.2. The van der Waals surface area contributed by atoms with Crippen LogP contribution in [0.1, 0.15) is 25.0 Å². The quantitative estimate of drug-likeness (QED) is 0.178. The molecule has 0 fully saturated rings. The molecule has 0 unspecified atom stereocenters. The third-order valence-electron chi connectivity index (χ3n) is 11.7. The van der Waals surface area contributed by atoms with Gasteiger partial charge in [0.05, 0.1) is 11.4 Å². The van der Waals surface area contributed by atoms with E-state index in [9.17, 15) is 0 Å². The molecular weight excluding hydrogens is 681 g/mol. The van der Waals surface area contributed by atoms with Gasteiger partial charge in [-0.25, -0.2) is 9.97 Å². The number of benzene rings is 8. The van der Waals surface area contributed by atoms with Crippen LogP contribution in [0.4, 0.5) is 0 Å². The lowest BCUT2D eigenvalue weighted by Crippen LogP contribution is -2.14. The van der Waals surface area contributed by atoms with Gasteiger partial charge < -0.3 is 4.42 Å². The number of para-hydroxylation sites is 2. The number of aromatic nitrogens is 2. The lowest BCUT2D eigenvalue weighted by atomic mass is 9.81. The van der Waals surface area contributed by atoms with Crippen LogP contribution in [0.3, 0.4) is 0 Å². The molecule has 10 aromatic rings. The summed E-state index contributed by atoms with van der Waals surface area (Å²) in [5.41, 5.74) is 16.5. The number of fused-ring (bicyclic) bond motifs is 7. The number of hydrogen-bond donors (Lipinski definition) is 0. The molecule has 0 spiro atoms. The molecule has 0 saturated carbocycles. The lowest BCUT2D eigenvalue weighted by molar-refractivity contribution is 0.661. The fraction of sp³-hybridized carbons (Fsp3) is 0.0566. The number of hydrogen-bond acceptors (Lipinski definition) is 3. The molecule has 0 aliphatic heterocycles. The highest BCUT2D eigenvalue weighted by atomic mass is 16.3. The summed E-state index contributed by atoms with van der Waals surface area (Å²) >= 11 is 0. The van der Waals surface area contributed by atoms with Gasteiger partial charge in [0.15, 0.2) is 5.82 Å². The maximum atomic E-state index is 6.42. The summed E-state index contributed by atoms with van der Waals surface area (Å²) in [4.78, 5) is 10.3. The van der Waals surface area contributed by atoms with Gasteiger partial charge in [0.2, 0.25) is 0 Å².